The van der Waals surface area contributed by atoms with E-state index in [0.717, 1.165) is 12.6 Å². The van der Waals surface area contributed by atoms with Crippen LogP contribution in [0.1, 0.15) is 83.1 Å². The molecule has 0 radical (unpaired) electrons. The van der Waals surface area contributed by atoms with Gasteiger partial charge in [-0.1, -0.05) is 0 Å². The third-order valence-electron chi connectivity index (χ3n) is 6.06. The number of nitrogens with zero attached hydrogens (tertiary/aromatic N) is 2. The average molecular weight is 539 g/mol. The van der Waals surface area contributed by atoms with Crippen molar-refractivity contribution in [1.82, 2.24) is 4.47 Å². The van der Waals surface area contributed by atoms with Gasteiger partial charge < -0.3 is 9.90 Å². The number of benzene rings is 1. The standard InChI is InChI=1S/C24H44BN2P2.CH2O2.Ni/c1-21(2,3)28(22(4,5)6)17-26-19-15-13-14-16-20(19)27(25-26)18-29(23(7,8)9)24(10,11)12;2-1-3;/h13-16H,17-18H2,1-12H3;1H,(H,2,3);/q+1;;/p+1. The molecule has 1 heterocycles. The molecule has 1 aromatic carbocycles. The minimum Gasteiger partial charge on any atom is -0.554 e. The van der Waals surface area contributed by atoms with Crippen LogP contribution in [0.5, 0.6) is 0 Å². The first-order valence-corrected chi connectivity index (χ1v) is 15.0. The first kappa shape index (κ1) is 32.7. The molecule has 1 aromatic heterocycles. The molecule has 0 aliphatic heterocycles. The Morgan fingerprint density at radius 2 is 1.24 bits per heavy atom. The van der Waals surface area contributed by atoms with Crippen molar-refractivity contribution >= 4 is 40.5 Å². The number of para-hydroxylation sites is 2. The Kier molecular flexibility index (Phi) is 12.0. The zero-order valence-electron chi connectivity index (χ0n) is 22.9. The van der Waals surface area contributed by atoms with Gasteiger partial charge in [-0.25, -0.2) is 0 Å². The van der Waals surface area contributed by atoms with Crippen LogP contribution in [0.4, 0.5) is 0 Å². The van der Waals surface area contributed by atoms with Gasteiger partial charge >= 0.3 is 184 Å². The number of rotatable bonds is 4. The van der Waals surface area contributed by atoms with Crippen LogP contribution in [-0.2, 0) is 33.9 Å². The topological polar surface area (TPSA) is 48.9 Å². The maximum Gasteiger partial charge on any atom is 0.0275 e. The summed E-state index contributed by atoms with van der Waals surface area (Å²) in [5.74, 6) is 0. The summed E-state index contributed by atoms with van der Waals surface area (Å²) >= 11 is 0. The Labute approximate surface area is 216 Å². The van der Waals surface area contributed by atoms with Crippen LogP contribution in [-0.4, -0.2) is 38.8 Å². The van der Waals surface area contributed by atoms with E-state index >= 15 is 0 Å². The third kappa shape index (κ3) is 9.35. The number of aromatic nitrogens is 2. The molecule has 190 valence electrons. The molecule has 0 unspecified atom stereocenters. The smallest absolute Gasteiger partial charge is 0.0275 e. The van der Waals surface area contributed by atoms with Crippen LogP contribution in [0.25, 0.3) is 11.0 Å². The van der Waals surface area contributed by atoms with Gasteiger partial charge in [0.1, 0.15) is 0 Å². The van der Waals surface area contributed by atoms with Crippen molar-refractivity contribution in [2.45, 2.75) is 116 Å². The Morgan fingerprint density at radius 3 is 1.64 bits per heavy atom. The summed E-state index contributed by atoms with van der Waals surface area (Å²) in [7, 11) is 1.18. The van der Waals surface area contributed by atoms with E-state index in [2.05, 4.69) is 123 Å². The van der Waals surface area contributed by atoms with Gasteiger partial charge in [0.15, 0.2) is 0 Å². The van der Waals surface area contributed by atoms with Crippen molar-refractivity contribution in [2.24, 2.45) is 0 Å². The number of fused-ring (bicyclic) bond motifs is 1. The normalized spacial score (nSPS) is 12.9. The summed E-state index contributed by atoms with van der Waals surface area (Å²) in [6.45, 7) is 28.7. The van der Waals surface area contributed by atoms with Gasteiger partial charge in [0.05, 0.1) is 0 Å². The van der Waals surface area contributed by atoms with Gasteiger partial charge in [-0.3, -0.25) is 0 Å². The fourth-order valence-corrected chi connectivity index (χ4v) is 12.6. The van der Waals surface area contributed by atoms with Gasteiger partial charge in [-0.2, -0.15) is 0 Å². The van der Waals surface area contributed by atoms with E-state index in [1.54, 1.807) is 0 Å². The molecule has 0 atom stereocenters. The number of hydrogen-bond acceptors (Lipinski definition) is 2. The van der Waals surface area contributed by atoms with Crippen molar-refractivity contribution in [3.8, 4) is 0 Å². The first-order chi connectivity index (χ1) is 14.3. The van der Waals surface area contributed by atoms with E-state index < -0.39 is 22.3 Å². The summed E-state index contributed by atoms with van der Waals surface area (Å²) in [4.78, 5) is 8.25. The summed E-state index contributed by atoms with van der Waals surface area (Å²) < 4.78 is 5.15. The van der Waals surface area contributed by atoms with Crippen LogP contribution >= 0.6 is 15.8 Å². The second-order valence-electron chi connectivity index (χ2n) is 12.9. The molecule has 0 saturated carbocycles. The SMILES string of the molecule is CC(C)(C)[PH+](Cn1b[n+](C[PH+](C(C)(C)C)C(C)(C)C)c2ccccc21)C(C)(C)C.O=C[O-].[Ni]. The zero-order chi connectivity index (χ0) is 25.1. The Balaban J connectivity index is 0.00000242. The Morgan fingerprint density at radius 1 is 0.848 bits per heavy atom. The second-order valence-corrected chi connectivity index (χ2v) is 21.5. The van der Waals surface area contributed by atoms with Crippen LogP contribution in [0, 0.1) is 0 Å². The largest absolute Gasteiger partial charge is 0.554 e. The van der Waals surface area contributed by atoms with Crippen LogP contribution in [0.2, 0.25) is 0 Å². The minimum atomic E-state index is -0.631. The van der Waals surface area contributed by atoms with Crippen LogP contribution in [0.15, 0.2) is 24.3 Å². The van der Waals surface area contributed by atoms with Gasteiger partial charge in [0.25, 0.3) is 0 Å². The fourth-order valence-electron chi connectivity index (χ4n) is 5.03. The zero-order valence-corrected chi connectivity index (χ0v) is 25.9. The van der Waals surface area contributed by atoms with Gasteiger partial charge in [-0.05, 0) is 0 Å². The predicted molar refractivity (Wildman–Crippen MR) is 145 cm³/mol. The molecule has 0 aliphatic rings. The molecule has 2 rings (SSSR count). The monoisotopic (exact) mass is 538 g/mol. The van der Waals surface area contributed by atoms with Crippen molar-refractivity contribution in [2.75, 3.05) is 0 Å². The van der Waals surface area contributed by atoms with Gasteiger partial charge in [-0.15, -0.1) is 0 Å². The molecule has 0 aliphatic carbocycles. The molecular weight excluding hydrogens is 492 g/mol. The molecule has 0 saturated heterocycles. The quantitative estimate of drug-likeness (QED) is 0.306. The molecule has 33 heavy (non-hydrogen) atoms. The van der Waals surface area contributed by atoms with E-state index in [9.17, 15) is 0 Å². The summed E-state index contributed by atoms with van der Waals surface area (Å²) in [6, 6.07) is 9.03. The third-order valence-corrected chi connectivity index (χ3v) is 14.6. The minimum absolute atomic E-state index is 0. The second kappa shape index (κ2) is 12.1. The Bertz CT molecular complexity index is 795. The molecular formula is C25H47BN2NiO2P2+2. The summed E-state index contributed by atoms with van der Waals surface area (Å²) in [6.07, 6.45) is 2.33. The first-order valence-electron chi connectivity index (χ1n) is 11.6. The molecule has 8 heteroatoms. The van der Waals surface area contributed by atoms with Crippen molar-refractivity contribution in [3.05, 3.63) is 24.3 Å². The van der Waals surface area contributed by atoms with Crippen molar-refractivity contribution in [1.29, 1.82) is 0 Å². The van der Waals surface area contributed by atoms with E-state index in [-0.39, 0.29) is 16.5 Å². The molecule has 0 N–H and O–H groups in total. The molecule has 0 amide bonds. The van der Waals surface area contributed by atoms with Gasteiger partial charge in [0.2, 0.25) is 0 Å². The van der Waals surface area contributed by atoms with Crippen LogP contribution < -0.4 is 9.58 Å². The number of carbonyl (C=O) groups is 1. The number of carbonyl (C=O) groups excluding carboxylic acids is 1. The molecule has 4 nitrogen and oxygen atoms in total. The fraction of sp³-hybridized carbons (Fsp3) is 0.720. The summed E-state index contributed by atoms with van der Waals surface area (Å²) in [5.41, 5.74) is 2.79. The summed E-state index contributed by atoms with van der Waals surface area (Å²) in [5, 5.41) is 9.71. The van der Waals surface area contributed by atoms with Crippen LogP contribution in [0.3, 0.4) is 0 Å². The molecule has 2 aromatic rings. The van der Waals surface area contributed by atoms with E-state index in [1.807, 2.05) is 0 Å². The number of hydrogen-bond donors (Lipinski definition) is 0. The van der Waals surface area contributed by atoms with Gasteiger partial charge in [0, 0.05) is 23.0 Å². The number of carboxylic acid groups (broad SMARTS) is 1. The van der Waals surface area contributed by atoms with E-state index in [0.29, 0.717) is 20.6 Å². The molecule has 0 spiro atoms. The molecule has 0 bridgehead atoms. The Hall–Kier alpha value is -0.292. The van der Waals surface area contributed by atoms with E-state index in [4.69, 9.17) is 9.90 Å². The van der Waals surface area contributed by atoms with E-state index in [1.165, 1.54) is 11.0 Å². The van der Waals surface area contributed by atoms with Crippen molar-refractivity contribution in [3.63, 3.8) is 0 Å². The maximum absolute atomic E-state index is 8.25. The van der Waals surface area contributed by atoms with Crippen molar-refractivity contribution < 1.29 is 30.9 Å². The average Bonchev–Trinajstić information content (AvgIpc) is 2.92. The molecule has 0 fully saturated rings. The predicted octanol–water partition coefficient (Wildman–Crippen LogP) is 5.17. The maximum atomic E-state index is 8.25.